The molecule has 0 spiro atoms. The molecule has 2 aromatic carbocycles. The molecule has 0 heterocycles. The number of nitrogens with zero attached hydrogens (tertiary/aromatic N) is 1. The van der Waals surface area contributed by atoms with Crippen LogP contribution in [0, 0.1) is 13.8 Å². The van der Waals surface area contributed by atoms with E-state index >= 15 is 0 Å². The van der Waals surface area contributed by atoms with Crippen molar-refractivity contribution in [3.63, 3.8) is 0 Å². The molecule has 0 aromatic heterocycles. The third-order valence-corrected chi connectivity index (χ3v) is 3.32. The maximum atomic E-state index is 12.6. The van der Waals surface area contributed by atoms with Crippen LogP contribution in [-0.2, 0) is 11.0 Å². The fourth-order valence-corrected chi connectivity index (χ4v) is 2.01. The van der Waals surface area contributed by atoms with Gasteiger partial charge in [-0.25, -0.2) is 5.43 Å². The van der Waals surface area contributed by atoms with Crippen LogP contribution in [0.4, 0.5) is 13.2 Å². The minimum Gasteiger partial charge on any atom is -0.483 e. The van der Waals surface area contributed by atoms with E-state index in [2.05, 4.69) is 10.5 Å². The van der Waals surface area contributed by atoms with Crippen molar-refractivity contribution in [3.8, 4) is 5.75 Å². The molecule has 0 aliphatic carbocycles. The van der Waals surface area contributed by atoms with Gasteiger partial charge in [0.25, 0.3) is 5.91 Å². The minimum absolute atomic E-state index is 0.227. The maximum Gasteiger partial charge on any atom is 0.416 e. The van der Waals surface area contributed by atoms with Gasteiger partial charge >= 0.3 is 6.18 Å². The van der Waals surface area contributed by atoms with Crippen LogP contribution < -0.4 is 10.2 Å². The molecule has 0 atom stereocenters. The van der Waals surface area contributed by atoms with Crippen LogP contribution in [0.5, 0.6) is 5.75 Å². The van der Waals surface area contributed by atoms with Crippen molar-refractivity contribution in [3.05, 3.63) is 64.7 Å². The van der Waals surface area contributed by atoms with Crippen LogP contribution in [0.15, 0.2) is 47.6 Å². The number of carbonyl (C=O) groups excluding carboxylic acids is 1. The highest BCUT2D eigenvalue weighted by atomic mass is 19.4. The van der Waals surface area contributed by atoms with E-state index in [1.165, 1.54) is 12.1 Å². The van der Waals surface area contributed by atoms with Crippen molar-refractivity contribution in [2.75, 3.05) is 6.61 Å². The summed E-state index contributed by atoms with van der Waals surface area (Å²) in [6.07, 6.45) is -3.28. The Morgan fingerprint density at radius 3 is 2.68 bits per heavy atom. The number of hydrogen-bond acceptors (Lipinski definition) is 3. The lowest BCUT2D eigenvalue weighted by molar-refractivity contribution is -0.137. The first-order chi connectivity index (χ1) is 11.8. The predicted octanol–water partition coefficient (Wildman–Crippen LogP) is 3.85. The molecule has 1 N–H and O–H groups in total. The zero-order chi connectivity index (χ0) is 18.4. The third-order valence-electron chi connectivity index (χ3n) is 3.32. The Hall–Kier alpha value is -2.83. The Morgan fingerprint density at radius 2 is 1.96 bits per heavy atom. The number of hydrogen-bond donors (Lipinski definition) is 1. The van der Waals surface area contributed by atoms with Gasteiger partial charge in [0.2, 0.25) is 0 Å². The Bertz CT molecular complexity index is 786. The maximum absolute atomic E-state index is 12.6. The minimum atomic E-state index is -4.42. The molecule has 0 fully saturated rings. The van der Waals surface area contributed by atoms with Crippen molar-refractivity contribution < 1.29 is 22.7 Å². The van der Waals surface area contributed by atoms with Gasteiger partial charge < -0.3 is 4.74 Å². The zero-order valence-electron chi connectivity index (χ0n) is 13.7. The molecule has 25 heavy (non-hydrogen) atoms. The number of aryl methyl sites for hydroxylation is 2. The number of benzene rings is 2. The van der Waals surface area contributed by atoms with Crippen molar-refractivity contribution >= 4 is 12.1 Å². The van der Waals surface area contributed by atoms with Gasteiger partial charge in [-0.05, 0) is 48.7 Å². The monoisotopic (exact) mass is 350 g/mol. The molecular weight excluding hydrogens is 333 g/mol. The van der Waals surface area contributed by atoms with Crippen LogP contribution in [0.2, 0.25) is 0 Å². The summed E-state index contributed by atoms with van der Waals surface area (Å²) in [5.74, 6) is 0.0844. The summed E-state index contributed by atoms with van der Waals surface area (Å²) in [6, 6.07) is 10.3. The highest BCUT2D eigenvalue weighted by Crippen LogP contribution is 2.29. The predicted molar refractivity (Wildman–Crippen MR) is 88.6 cm³/mol. The number of halogens is 3. The van der Waals surface area contributed by atoms with Crippen molar-refractivity contribution in [1.29, 1.82) is 0 Å². The van der Waals surface area contributed by atoms with Gasteiger partial charge in [-0.3, -0.25) is 4.79 Å². The summed E-state index contributed by atoms with van der Waals surface area (Å²) in [6.45, 7) is 3.52. The lowest BCUT2D eigenvalue weighted by atomic mass is 10.1. The van der Waals surface area contributed by atoms with E-state index in [1.54, 1.807) is 0 Å². The number of carbonyl (C=O) groups is 1. The van der Waals surface area contributed by atoms with E-state index in [1.807, 2.05) is 32.0 Å². The summed E-state index contributed by atoms with van der Waals surface area (Å²) < 4.78 is 43.2. The number of nitrogens with one attached hydrogen (secondary N) is 1. The lowest BCUT2D eigenvalue weighted by Crippen LogP contribution is -2.24. The smallest absolute Gasteiger partial charge is 0.416 e. The molecule has 0 saturated carbocycles. The third kappa shape index (κ3) is 5.63. The number of hydrazone groups is 1. The molecule has 2 aromatic rings. The van der Waals surface area contributed by atoms with Gasteiger partial charge in [-0.2, -0.15) is 18.3 Å². The van der Waals surface area contributed by atoms with Gasteiger partial charge in [0, 0.05) is 0 Å². The van der Waals surface area contributed by atoms with Crippen LogP contribution in [0.1, 0.15) is 22.3 Å². The van der Waals surface area contributed by atoms with Gasteiger partial charge in [0.15, 0.2) is 6.61 Å². The Kier molecular flexibility index (Phi) is 5.80. The van der Waals surface area contributed by atoms with E-state index in [4.69, 9.17) is 4.74 Å². The van der Waals surface area contributed by atoms with E-state index in [-0.39, 0.29) is 12.2 Å². The molecule has 0 aliphatic heterocycles. The lowest BCUT2D eigenvalue weighted by Gasteiger charge is -2.09. The topological polar surface area (TPSA) is 50.7 Å². The van der Waals surface area contributed by atoms with Gasteiger partial charge in [-0.15, -0.1) is 0 Å². The van der Waals surface area contributed by atoms with Crippen LogP contribution >= 0.6 is 0 Å². The fraction of sp³-hybridized carbons (Fsp3) is 0.222. The molecular formula is C18H17F3N2O2. The highest BCUT2D eigenvalue weighted by molar-refractivity contribution is 5.83. The Labute approximate surface area is 143 Å². The Morgan fingerprint density at radius 1 is 1.20 bits per heavy atom. The van der Waals surface area contributed by atoms with Gasteiger partial charge in [0.1, 0.15) is 5.75 Å². The van der Waals surface area contributed by atoms with E-state index in [0.29, 0.717) is 5.75 Å². The van der Waals surface area contributed by atoms with Crippen molar-refractivity contribution in [1.82, 2.24) is 5.43 Å². The number of amides is 1. The second-order valence-corrected chi connectivity index (χ2v) is 5.47. The second-order valence-electron chi connectivity index (χ2n) is 5.47. The fourth-order valence-electron chi connectivity index (χ4n) is 2.01. The highest BCUT2D eigenvalue weighted by Gasteiger charge is 2.30. The molecule has 4 nitrogen and oxygen atoms in total. The first-order valence-corrected chi connectivity index (χ1v) is 7.45. The number of alkyl halides is 3. The quantitative estimate of drug-likeness (QED) is 0.658. The molecule has 7 heteroatoms. The largest absolute Gasteiger partial charge is 0.483 e. The normalized spacial score (nSPS) is 11.6. The molecule has 0 radical (unpaired) electrons. The van der Waals surface area contributed by atoms with Crippen LogP contribution in [0.3, 0.4) is 0 Å². The van der Waals surface area contributed by atoms with Crippen LogP contribution in [0.25, 0.3) is 0 Å². The molecule has 2 rings (SSSR count). The van der Waals surface area contributed by atoms with Crippen molar-refractivity contribution in [2.24, 2.45) is 5.10 Å². The Balaban J connectivity index is 1.89. The van der Waals surface area contributed by atoms with E-state index < -0.39 is 17.6 Å². The van der Waals surface area contributed by atoms with E-state index in [9.17, 15) is 18.0 Å². The standard InChI is InChI=1S/C18H17F3N2O2/c1-12-6-7-13(2)16(8-12)25-11-17(24)23-22-10-14-4-3-5-15(9-14)18(19,20)21/h3-10H,11H2,1-2H3,(H,23,24)/b22-10+. The molecule has 1 amide bonds. The summed E-state index contributed by atoms with van der Waals surface area (Å²) in [5.41, 5.74) is 3.57. The number of ether oxygens (including phenoxy) is 1. The molecule has 0 unspecified atom stereocenters. The van der Waals surface area contributed by atoms with Crippen LogP contribution in [-0.4, -0.2) is 18.7 Å². The summed E-state index contributed by atoms with van der Waals surface area (Å²) in [5, 5.41) is 3.65. The summed E-state index contributed by atoms with van der Waals surface area (Å²) in [7, 11) is 0. The molecule has 0 saturated heterocycles. The SMILES string of the molecule is Cc1ccc(C)c(OCC(=O)N/N=C/c2cccc(C(F)(F)F)c2)c1. The second kappa shape index (κ2) is 7.83. The summed E-state index contributed by atoms with van der Waals surface area (Å²) >= 11 is 0. The molecule has 132 valence electrons. The molecule has 0 aliphatic rings. The number of rotatable bonds is 5. The average Bonchev–Trinajstić information content (AvgIpc) is 2.55. The van der Waals surface area contributed by atoms with Gasteiger partial charge in [-0.1, -0.05) is 24.3 Å². The first kappa shape index (κ1) is 18.5. The summed E-state index contributed by atoms with van der Waals surface area (Å²) in [4.78, 5) is 11.7. The average molecular weight is 350 g/mol. The first-order valence-electron chi connectivity index (χ1n) is 7.45. The van der Waals surface area contributed by atoms with Crippen molar-refractivity contribution in [2.45, 2.75) is 20.0 Å². The van der Waals surface area contributed by atoms with Gasteiger partial charge in [0.05, 0.1) is 11.8 Å². The molecule has 0 bridgehead atoms. The zero-order valence-corrected chi connectivity index (χ0v) is 13.7. The van der Waals surface area contributed by atoms with E-state index in [0.717, 1.165) is 29.5 Å².